The Balaban J connectivity index is 2.94. The molecule has 1 N–H and O–H groups in total. The Morgan fingerprint density at radius 3 is 2.53 bits per heavy atom. The molecule has 1 nitrogen and oxygen atoms in total. The van der Waals surface area contributed by atoms with E-state index in [0.29, 0.717) is 0 Å². The molecule has 0 fully saturated rings. The predicted molar refractivity (Wildman–Crippen MR) is 85.7 cm³/mol. The molecular formula is C18H23N. The van der Waals surface area contributed by atoms with Crippen molar-refractivity contribution >= 4 is 11.8 Å². The Bertz CT molecular complexity index is 513. The van der Waals surface area contributed by atoms with Crippen LogP contribution in [0.4, 0.5) is 0 Å². The maximum absolute atomic E-state index is 7.50. The van der Waals surface area contributed by atoms with Gasteiger partial charge in [0, 0.05) is 6.21 Å². The summed E-state index contributed by atoms with van der Waals surface area (Å²) >= 11 is 0. The molecule has 0 aliphatic carbocycles. The van der Waals surface area contributed by atoms with E-state index in [1.54, 1.807) is 6.08 Å². The second kappa shape index (κ2) is 6.33. The highest BCUT2D eigenvalue weighted by Gasteiger charge is 2.14. The zero-order valence-electron chi connectivity index (χ0n) is 12.2. The summed E-state index contributed by atoms with van der Waals surface area (Å²) in [5, 5.41) is 7.50. The first-order chi connectivity index (χ1) is 8.88. The summed E-state index contributed by atoms with van der Waals surface area (Å²) in [6.07, 6.45) is 6.18. The molecule has 0 aromatic heterocycles. The van der Waals surface area contributed by atoms with E-state index in [1.165, 1.54) is 11.8 Å². The van der Waals surface area contributed by atoms with Gasteiger partial charge in [-0.3, -0.25) is 0 Å². The summed E-state index contributed by atoms with van der Waals surface area (Å²) in [4.78, 5) is 0. The number of hydrogen-bond acceptors (Lipinski definition) is 1. The van der Waals surface area contributed by atoms with Crippen molar-refractivity contribution in [2.24, 2.45) is 5.41 Å². The van der Waals surface area contributed by atoms with E-state index in [-0.39, 0.29) is 5.41 Å². The van der Waals surface area contributed by atoms with E-state index in [4.69, 9.17) is 5.41 Å². The van der Waals surface area contributed by atoms with E-state index >= 15 is 0 Å². The molecule has 0 spiro atoms. The summed E-state index contributed by atoms with van der Waals surface area (Å²) in [6, 6.07) is 8.30. The minimum atomic E-state index is 0.0179. The van der Waals surface area contributed by atoms with Gasteiger partial charge in [-0.05, 0) is 34.1 Å². The third-order valence-electron chi connectivity index (χ3n) is 3.12. The lowest BCUT2D eigenvalue weighted by atomic mass is 9.86. The van der Waals surface area contributed by atoms with Crippen LogP contribution in [0.3, 0.4) is 0 Å². The van der Waals surface area contributed by atoms with Gasteiger partial charge in [-0.2, -0.15) is 0 Å². The Morgan fingerprint density at radius 1 is 1.32 bits per heavy atom. The van der Waals surface area contributed by atoms with Crippen molar-refractivity contribution in [1.82, 2.24) is 0 Å². The standard InChI is InChI=1S/C18H23N/c1-6-14(2)16-9-7-8-15(12-16)10-11-17(13-19)18(3,4)5/h6-9,11-13,19H,1-2,10H2,3-5H3/b17-11+,19-13?. The Morgan fingerprint density at radius 2 is 2.00 bits per heavy atom. The third-order valence-corrected chi connectivity index (χ3v) is 3.12. The molecule has 0 bridgehead atoms. The lowest BCUT2D eigenvalue weighted by molar-refractivity contribution is 0.524. The van der Waals surface area contributed by atoms with Crippen LogP contribution >= 0.6 is 0 Å². The van der Waals surface area contributed by atoms with Crippen LogP contribution in [0, 0.1) is 10.8 Å². The Kier molecular flexibility index (Phi) is 5.05. The van der Waals surface area contributed by atoms with Crippen LogP contribution in [0.1, 0.15) is 31.9 Å². The summed E-state index contributed by atoms with van der Waals surface area (Å²) < 4.78 is 0. The molecule has 0 aliphatic rings. The van der Waals surface area contributed by atoms with Gasteiger partial charge >= 0.3 is 0 Å². The minimum Gasteiger partial charge on any atom is -0.308 e. The molecular weight excluding hydrogens is 230 g/mol. The molecule has 1 heteroatoms. The number of nitrogens with one attached hydrogen (secondary N) is 1. The van der Waals surface area contributed by atoms with Crippen molar-refractivity contribution in [2.75, 3.05) is 0 Å². The van der Waals surface area contributed by atoms with Crippen LogP contribution in [0.15, 0.2) is 55.1 Å². The second-order valence-corrected chi connectivity index (χ2v) is 5.69. The topological polar surface area (TPSA) is 23.9 Å². The molecule has 1 aromatic carbocycles. The van der Waals surface area contributed by atoms with Gasteiger partial charge in [0.25, 0.3) is 0 Å². The Hall–Kier alpha value is -1.89. The molecule has 0 heterocycles. The fourth-order valence-corrected chi connectivity index (χ4v) is 1.83. The number of allylic oxidation sites excluding steroid dienone is 4. The maximum Gasteiger partial charge on any atom is 0.0212 e. The van der Waals surface area contributed by atoms with Gasteiger partial charge < -0.3 is 5.41 Å². The van der Waals surface area contributed by atoms with Crippen molar-refractivity contribution < 1.29 is 0 Å². The lowest BCUT2D eigenvalue weighted by Crippen LogP contribution is -2.10. The average molecular weight is 253 g/mol. The van der Waals surface area contributed by atoms with E-state index in [0.717, 1.165) is 23.1 Å². The second-order valence-electron chi connectivity index (χ2n) is 5.69. The largest absolute Gasteiger partial charge is 0.308 e. The summed E-state index contributed by atoms with van der Waals surface area (Å²) in [5.74, 6) is 0. The fourth-order valence-electron chi connectivity index (χ4n) is 1.83. The molecule has 0 radical (unpaired) electrons. The molecule has 0 aliphatic heterocycles. The van der Waals surface area contributed by atoms with Crippen LogP contribution in [0.25, 0.3) is 5.57 Å². The SMILES string of the molecule is C=CC(=C)c1cccc(C/C=C(\C=N)C(C)(C)C)c1. The van der Waals surface area contributed by atoms with Crippen molar-refractivity contribution in [3.8, 4) is 0 Å². The fraction of sp³-hybridized carbons (Fsp3) is 0.278. The van der Waals surface area contributed by atoms with Gasteiger partial charge in [0.05, 0.1) is 0 Å². The molecule has 1 rings (SSSR count). The first kappa shape index (κ1) is 15.2. The molecule has 100 valence electrons. The quantitative estimate of drug-likeness (QED) is 0.561. The summed E-state index contributed by atoms with van der Waals surface area (Å²) in [7, 11) is 0. The molecule has 0 saturated carbocycles. The van der Waals surface area contributed by atoms with Crippen molar-refractivity contribution in [1.29, 1.82) is 5.41 Å². The highest BCUT2D eigenvalue weighted by atomic mass is 14.4. The van der Waals surface area contributed by atoms with Gasteiger partial charge in [0.2, 0.25) is 0 Å². The zero-order chi connectivity index (χ0) is 14.5. The van der Waals surface area contributed by atoms with Gasteiger partial charge in [-0.15, -0.1) is 0 Å². The molecule has 1 aromatic rings. The van der Waals surface area contributed by atoms with Gasteiger partial charge in [-0.25, -0.2) is 0 Å². The highest BCUT2D eigenvalue weighted by molar-refractivity contribution is 5.77. The zero-order valence-corrected chi connectivity index (χ0v) is 12.2. The maximum atomic E-state index is 7.50. The van der Waals surface area contributed by atoms with E-state index < -0.39 is 0 Å². The highest BCUT2D eigenvalue weighted by Crippen LogP contribution is 2.24. The van der Waals surface area contributed by atoms with Crippen molar-refractivity contribution in [3.05, 3.63) is 66.3 Å². The summed E-state index contributed by atoms with van der Waals surface area (Å²) in [6.45, 7) is 14.1. The average Bonchev–Trinajstić information content (AvgIpc) is 2.37. The van der Waals surface area contributed by atoms with E-state index in [1.807, 2.05) is 12.1 Å². The van der Waals surface area contributed by atoms with Crippen LogP contribution < -0.4 is 0 Å². The van der Waals surface area contributed by atoms with Crippen LogP contribution in [0.2, 0.25) is 0 Å². The number of hydrogen-bond donors (Lipinski definition) is 1. The summed E-state index contributed by atoms with van der Waals surface area (Å²) in [5.41, 5.74) is 4.34. The Labute approximate surface area is 116 Å². The van der Waals surface area contributed by atoms with Gasteiger partial charge in [0.1, 0.15) is 0 Å². The first-order valence-electron chi connectivity index (χ1n) is 6.50. The molecule has 0 atom stereocenters. The molecule has 0 unspecified atom stereocenters. The van der Waals surface area contributed by atoms with Crippen molar-refractivity contribution in [2.45, 2.75) is 27.2 Å². The third kappa shape index (κ3) is 4.36. The van der Waals surface area contributed by atoms with Gasteiger partial charge in [0.15, 0.2) is 0 Å². The van der Waals surface area contributed by atoms with Crippen LogP contribution in [-0.2, 0) is 6.42 Å². The first-order valence-corrected chi connectivity index (χ1v) is 6.50. The lowest BCUT2D eigenvalue weighted by Gasteiger charge is -2.19. The molecule has 0 amide bonds. The van der Waals surface area contributed by atoms with Crippen LogP contribution in [-0.4, -0.2) is 6.21 Å². The normalized spacial score (nSPS) is 12.1. The number of benzene rings is 1. The van der Waals surface area contributed by atoms with Gasteiger partial charge in [-0.1, -0.05) is 70.3 Å². The predicted octanol–water partition coefficient (Wildman–Crippen LogP) is 5.05. The minimum absolute atomic E-state index is 0.0179. The van der Waals surface area contributed by atoms with E-state index in [2.05, 4.69) is 52.1 Å². The molecule has 19 heavy (non-hydrogen) atoms. The van der Waals surface area contributed by atoms with Crippen molar-refractivity contribution in [3.63, 3.8) is 0 Å². The van der Waals surface area contributed by atoms with E-state index in [9.17, 15) is 0 Å². The smallest absolute Gasteiger partial charge is 0.0212 e. The number of rotatable bonds is 5. The van der Waals surface area contributed by atoms with Crippen LogP contribution in [0.5, 0.6) is 0 Å². The molecule has 0 saturated heterocycles. The monoisotopic (exact) mass is 253 g/mol.